The molecule has 0 bridgehead atoms. The van der Waals surface area contributed by atoms with Crippen LogP contribution in [0.15, 0.2) is 73.1 Å². The Morgan fingerprint density at radius 1 is 0.929 bits per heavy atom. The van der Waals surface area contributed by atoms with Gasteiger partial charge in [0.25, 0.3) is 0 Å². The van der Waals surface area contributed by atoms with Gasteiger partial charge >= 0.3 is 0 Å². The summed E-state index contributed by atoms with van der Waals surface area (Å²) in [6, 6.07) is 0. The van der Waals surface area contributed by atoms with Crippen molar-refractivity contribution in [1.29, 1.82) is 0 Å². The Bertz CT molecular complexity index is 269. The molecule has 0 rings (SSSR count). The lowest BCUT2D eigenvalue weighted by molar-refractivity contribution is 0.423. The Morgan fingerprint density at radius 3 is 1.93 bits per heavy atom. The molecule has 14 heavy (non-hydrogen) atoms. The number of allylic oxidation sites excluding steroid dienone is 9. The number of aliphatic hydroxyl groups is 1. The first-order valence-electron chi connectivity index (χ1n) is 4.37. The highest BCUT2D eigenvalue weighted by Gasteiger charge is 1.91. The molecule has 0 aliphatic carbocycles. The van der Waals surface area contributed by atoms with Crippen molar-refractivity contribution in [3.63, 3.8) is 0 Å². The maximum Gasteiger partial charge on any atom is 0.118 e. The quantitative estimate of drug-likeness (QED) is 0.513. The van der Waals surface area contributed by atoms with E-state index in [2.05, 4.69) is 13.2 Å². The van der Waals surface area contributed by atoms with Crippen LogP contribution in [0.2, 0.25) is 0 Å². The second-order valence-electron chi connectivity index (χ2n) is 2.64. The van der Waals surface area contributed by atoms with Crippen LogP contribution in [-0.4, -0.2) is 5.11 Å². The summed E-state index contributed by atoms with van der Waals surface area (Å²) in [6.45, 7) is 8.91. The van der Waals surface area contributed by atoms with E-state index in [1.807, 2.05) is 19.1 Å². The van der Waals surface area contributed by atoms with Gasteiger partial charge in [-0.25, -0.2) is 0 Å². The van der Waals surface area contributed by atoms with Crippen LogP contribution < -0.4 is 0 Å². The van der Waals surface area contributed by atoms with Crippen LogP contribution in [0.1, 0.15) is 6.92 Å². The minimum Gasteiger partial charge on any atom is -0.508 e. The third-order valence-corrected chi connectivity index (χ3v) is 1.50. The van der Waals surface area contributed by atoms with Gasteiger partial charge in [-0.3, -0.25) is 0 Å². The lowest BCUT2D eigenvalue weighted by Crippen LogP contribution is -1.81. The third kappa shape index (κ3) is 5.84. The summed E-state index contributed by atoms with van der Waals surface area (Å²) in [6.07, 6.45) is 13.9. The summed E-state index contributed by atoms with van der Waals surface area (Å²) < 4.78 is 0. The SMILES string of the molecule is C=C\C=C/C=C(O)/C(C)=C/C=C\C=C. The Morgan fingerprint density at radius 2 is 1.43 bits per heavy atom. The molecule has 0 aromatic heterocycles. The van der Waals surface area contributed by atoms with Crippen molar-refractivity contribution in [3.8, 4) is 0 Å². The molecule has 0 spiro atoms. The fourth-order valence-electron chi connectivity index (χ4n) is 0.721. The average molecular weight is 188 g/mol. The summed E-state index contributed by atoms with van der Waals surface area (Å²) in [4.78, 5) is 0. The zero-order valence-corrected chi connectivity index (χ0v) is 8.48. The molecule has 0 heterocycles. The van der Waals surface area contributed by atoms with Gasteiger partial charge in [0, 0.05) is 0 Å². The molecule has 0 unspecified atom stereocenters. The number of hydrogen-bond donors (Lipinski definition) is 1. The molecule has 0 fully saturated rings. The summed E-state index contributed by atoms with van der Waals surface area (Å²) in [5.41, 5.74) is 0.803. The van der Waals surface area contributed by atoms with Gasteiger partial charge in [-0.1, -0.05) is 55.7 Å². The predicted molar refractivity (Wildman–Crippen MR) is 63.1 cm³/mol. The van der Waals surface area contributed by atoms with E-state index in [1.165, 1.54) is 0 Å². The molecule has 0 radical (unpaired) electrons. The molecule has 0 aromatic rings. The molecule has 0 saturated carbocycles. The van der Waals surface area contributed by atoms with E-state index in [9.17, 15) is 5.11 Å². The summed E-state index contributed by atoms with van der Waals surface area (Å²) in [5.74, 6) is 0.247. The first kappa shape index (κ1) is 12.2. The van der Waals surface area contributed by atoms with Gasteiger partial charge in [-0.15, -0.1) is 0 Å². The van der Waals surface area contributed by atoms with Gasteiger partial charge in [0.1, 0.15) is 5.76 Å². The molecular weight excluding hydrogens is 172 g/mol. The van der Waals surface area contributed by atoms with Crippen LogP contribution in [0.25, 0.3) is 0 Å². The first-order chi connectivity index (χ1) is 6.72. The van der Waals surface area contributed by atoms with Crippen molar-refractivity contribution in [2.24, 2.45) is 0 Å². The third-order valence-electron chi connectivity index (χ3n) is 1.50. The molecule has 0 aliphatic heterocycles. The molecule has 74 valence electrons. The maximum absolute atomic E-state index is 9.49. The van der Waals surface area contributed by atoms with E-state index in [4.69, 9.17) is 0 Å². The second-order valence-corrected chi connectivity index (χ2v) is 2.64. The second kappa shape index (κ2) is 7.87. The minimum absolute atomic E-state index is 0.247. The van der Waals surface area contributed by atoms with Crippen molar-refractivity contribution < 1.29 is 5.11 Å². The van der Waals surface area contributed by atoms with Crippen molar-refractivity contribution in [2.75, 3.05) is 0 Å². The molecule has 1 N–H and O–H groups in total. The topological polar surface area (TPSA) is 20.2 Å². The Hall–Kier alpha value is -1.76. The zero-order chi connectivity index (χ0) is 10.8. The van der Waals surface area contributed by atoms with Gasteiger partial charge in [0.2, 0.25) is 0 Å². The van der Waals surface area contributed by atoms with Crippen LogP contribution in [-0.2, 0) is 0 Å². The van der Waals surface area contributed by atoms with Crippen LogP contribution in [0.3, 0.4) is 0 Å². The highest BCUT2D eigenvalue weighted by atomic mass is 16.3. The number of aliphatic hydroxyl groups excluding tert-OH is 1. The van der Waals surface area contributed by atoms with E-state index < -0.39 is 0 Å². The van der Waals surface area contributed by atoms with Crippen molar-refractivity contribution >= 4 is 0 Å². The molecule has 0 aliphatic rings. The number of rotatable bonds is 5. The molecule has 1 nitrogen and oxygen atoms in total. The van der Waals surface area contributed by atoms with Crippen molar-refractivity contribution in [3.05, 3.63) is 73.1 Å². The normalized spacial score (nSPS) is 13.8. The van der Waals surface area contributed by atoms with Gasteiger partial charge in [-0.05, 0) is 18.6 Å². The van der Waals surface area contributed by atoms with E-state index in [0.29, 0.717) is 0 Å². The van der Waals surface area contributed by atoms with Crippen LogP contribution >= 0.6 is 0 Å². The summed E-state index contributed by atoms with van der Waals surface area (Å²) >= 11 is 0. The van der Waals surface area contributed by atoms with Gasteiger partial charge in [-0.2, -0.15) is 0 Å². The summed E-state index contributed by atoms with van der Waals surface area (Å²) in [7, 11) is 0. The Balaban J connectivity index is 4.43. The molecule has 0 saturated heterocycles. The fourth-order valence-corrected chi connectivity index (χ4v) is 0.721. The fraction of sp³-hybridized carbons (Fsp3) is 0.0769. The minimum atomic E-state index is 0.247. The summed E-state index contributed by atoms with van der Waals surface area (Å²) in [5, 5.41) is 9.49. The van der Waals surface area contributed by atoms with E-state index in [0.717, 1.165) is 5.57 Å². The number of hydrogen-bond acceptors (Lipinski definition) is 1. The monoisotopic (exact) mass is 188 g/mol. The largest absolute Gasteiger partial charge is 0.508 e. The van der Waals surface area contributed by atoms with Crippen molar-refractivity contribution in [2.45, 2.75) is 6.92 Å². The Kier molecular flexibility index (Phi) is 6.88. The lowest BCUT2D eigenvalue weighted by atomic mass is 10.2. The van der Waals surface area contributed by atoms with Crippen LogP contribution in [0.4, 0.5) is 0 Å². The molecule has 0 atom stereocenters. The predicted octanol–water partition coefficient (Wildman–Crippen LogP) is 3.86. The standard InChI is InChI=1S/C13H16O/c1-4-6-8-10-12(3)13(14)11-9-7-5-2/h4-11,14H,1-2H2,3H3/b8-6-,9-7-,12-10+,13-11-. The Labute approximate surface area is 85.8 Å². The van der Waals surface area contributed by atoms with Crippen molar-refractivity contribution in [1.82, 2.24) is 0 Å². The van der Waals surface area contributed by atoms with Gasteiger partial charge in [0.15, 0.2) is 0 Å². The first-order valence-corrected chi connectivity index (χ1v) is 4.37. The lowest BCUT2D eigenvalue weighted by Gasteiger charge is -1.95. The highest BCUT2D eigenvalue weighted by Crippen LogP contribution is 2.05. The zero-order valence-electron chi connectivity index (χ0n) is 8.48. The van der Waals surface area contributed by atoms with E-state index in [1.54, 1.807) is 36.5 Å². The van der Waals surface area contributed by atoms with E-state index >= 15 is 0 Å². The molecular formula is C13H16O. The molecule has 1 heteroatoms. The van der Waals surface area contributed by atoms with E-state index in [-0.39, 0.29) is 5.76 Å². The highest BCUT2D eigenvalue weighted by molar-refractivity contribution is 5.30. The van der Waals surface area contributed by atoms with Crippen LogP contribution in [0, 0.1) is 0 Å². The van der Waals surface area contributed by atoms with Gasteiger partial charge < -0.3 is 5.11 Å². The van der Waals surface area contributed by atoms with Gasteiger partial charge in [0.05, 0.1) is 0 Å². The molecule has 0 aromatic carbocycles. The smallest absolute Gasteiger partial charge is 0.118 e. The average Bonchev–Trinajstić information content (AvgIpc) is 2.18. The van der Waals surface area contributed by atoms with Crippen LogP contribution in [0.5, 0.6) is 0 Å². The molecule has 0 amide bonds. The maximum atomic E-state index is 9.49.